The number of aromatic amines is 1. The van der Waals surface area contributed by atoms with Gasteiger partial charge in [-0.1, -0.05) is 20.8 Å². The van der Waals surface area contributed by atoms with Crippen molar-refractivity contribution in [3.8, 4) is 0 Å². The highest BCUT2D eigenvalue weighted by Crippen LogP contribution is 2.30. The van der Waals surface area contributed by atoms with Gasteiger partial charge in [-0.3, -0.25) is 14.5 Å². The van der Waals surface area contributed by atoms with E-state index in [1.165, 1.54) is 0 Å². The standard InChI is InChI=1S/C12H17ClN4O/c1-6(2)17-9(12(3,4)5)7-8(16-17)10(18)15-11(13)14-7/h6H,1-5H3,(H,14,15,18). The monoisotopic (exact) mass is 268 g/mol. The van der Waals surface area contributed by atoms with Gasteiger partial charge in [-0.15, -0.1) is 0 Å². The van der Waals surface area contributed by atoms with Gasteiger partial charge in [0.15, 0.2) is 5.52 Å². The number of aromatic nitrogens is 4. The molecule has 0 aliphatic rings. The molecule has 6 heteroatoms. The third kappa shape index (κ3) is 2.03. The summed E-state index contributed by atoms with van der Waals surface area (Å²) in [6, 6.07) is 0.159. The Morgan fingerprint density at radius 3 is 2.39 bits per heavy atom. The third-order valence-electron chi connectivity index (χ3n) is 2.73. The van der Waals surface area contributed by atoms with Gasteiger partial charge in [0.2, 0.25) is 5.28 Å². The van der Waals surface area contributed by atoms with Crippen LogP contribution in [0.2, 0.25) is 5.28 Å². The maximum absolute atomic E-state index is 11.9. The number of nitrogens with zero attached hydrogens (tertiary/aromatic N) is 3. The van der Waals surface area contributed by atoms with E-state index in [4.69, 9.17) is 11.6 Å². The fourth-order valence-electron chi connectivity index (χ4n) is 2.04. The molecule has 0 bridgehead atoms. The molecule has 0 aliphatic heterocycles. The van der Waals surface area contributed by atoms with Gasteiger partial charge in [0, 0.05) is 11.5 Å². The minimum absolute atomic E-state index is 0.0984. The molecule has 2 heterocycles. The minimum atomic E-state index is -0.296. The summed E-state index contributed by atoms with van der Waals surface area (Å²) in [7, 11) is 0. The summed E-state index contributed by atoms with van der Waals surface area (Å²) in [4.78, 5) is 18.6. The van der Waals surface area contributed by atoms with Crippen molar-refractivity contribution >= 4 is 22.6 Å². The molecule has 0 saturated heterocycles. The van der Waals surface area contributed by atoms with Crippen LogP contribution in [0.4, 0.5) is 0 Å². The number of fused-ring (bicyclic) bond motifs is 1. The van der Waals surface area contributed by atoms with Crippen LogP contribution in [0.5, 0.6) is 0 Å². The Hall–Kier alpha value is -1.36. The fraction of sp³-hybridized carbons (Fsp3) is 0.583. The van der Waals surface area contributed by atoms with Crippen molar-refractivity contribution in [3.63, 3.8) is 0 Å². The molecule has 2 aromatic rings. The van der Waals surface area contributed by atoms with Crippen LogP contribution in [0.1, 0.15) is 46.4 Å². The highest BCUT2D eigenvalue weighted by atomic mass is 35.5. The molecule has 0 saturated carbocycles. The largest absolute Gasteiger partial charge is 0.295 e. The van der Waals surface area contributed by atoms with Gasteiger partial charge in [-0.2, -0.15) is 5.10 Å². The molecule has 0 unspecified atom stereocenters. The highest BCUT2D eigenvalue weighted by Gasteiger charge is 2.27. The normalized spacial score (nSPS) is 12.6. The second kappa shape index (κ2) is 4.09. The first kappa shape index (κ1) is 13.1. The van der Waals surface area contributed by atoms with Crippen molar-refractivity contribution in [2.45, 2.75) is 46.1 Å². The van der Waals surface area contributed by atoms with Crippen LogP contribution in [0.15, 0.2) is 4.79 Å². The molecule has 2 aromatic heterocycles. The molecule has 5 nitrogen and oxygen atoms in total. The first-order chi connectivity index (χ1) is 8.21. The summed E-state index contributed by atoms with van der Waals surface area (Å²) in [5, 5.41) is 4.47. The van der Waals surface area contributed by atoms with Gasteiger partial charge in [0.05, 0.1) is 5.69 Å². The van der Waals surface area contributed by atoms with Crippen LogP contribution in [0, 0.1) is 0 Å². The van der Waals surface area contributed by atoms with Gasteiger partial charge in [-0.25, -0.2) is 4.98 Å². The SMILES string of the molecule is CC(C)n1nc2c(=O)[nH]c(Cl)nc2c1C(C)(C)C. The van der Waals surface area contributed by atoms with Crippen molar-refractivity contribution in [3.05, 3.63) is 21.3 Å². The molecule has 98 valence electrons. The predicted octanol–water partition coefficient (Wildman–Crippen LogP) is 2.65. The number of halogens is 1. The second-order valence-electron chi connectivity index (χ2n) is 5.69. The minimum Gasteiger partial charge on any atom is -0.295 e. The summed E-state index contributed by atoms with van der Waals surface area (Å²) in [5.74, 6) is 0. The summed E-state index contributed by atoms with van der Waals surface area (Å²) in [6.07, 6.45) is 0. The summed E-state index contributed by atoms with van der Waals surface area (Å²) < 4.78 is 1.85. The molecule has 0 aromatic carbocycles. The van der Waals surface area contributed by atoms with Crippen LogP contribution in [0.3, 0.4) is 0 Å². The number of hydrogen-bond donors (Lipinski definition) is 1. The molecule has 18 heavy (non-hydrogen) atoms. The zero-order chi connectivity index (χ0) is 13.7. The molecule has 0 spiro atoms. The smallest absolute Gasteiger partial charge is 0.280 e. The van der Waals surface area contributed by atoms with Crippen LogP contribution < -0.4 is 5.56 Å². The van der Waals surface area contributed by atoms with Crippen molar-refractivity contribution in [1.82, 2.24) is 19.7 Å². The molecule has 2 rings (SSSR count). The van der Waals surface area contributed by atoms with Gasteiger partial charge < -0.3 is 0 Å². The van der Waals surface area contributed by atoms with Crippen LogP contribution in [-0.4, -0.2) is 19.7 Å². The summed E-state index contributed by atoms with van der Waals surface area (Å²) in [6.45, 7) is 10.3. The third-order valence-corrected chi connectivity index (χ3v) is 2.91. The average Bonchev–Trinajstić information content (AvgIpc) is 2.56. The molecule has 1 N–H and O–H groups in total. The van der Waals surface area contributed by atoms with E-state index < -0.39 is 0 Å². The van der Waals surface area contributed by atoms with Crippen molar-refractivity contribution < 1.29 is 0 Å². The lowest BCUT2D eigenvalue weighted by molar-refractivity contribution is 0.450. The molecule has 0 aliphatic carbocycles. The van der Waals surface area contributed by atoms with Crippen LogP contribution in [0.25, 0.3) is 11.0 Å². The second-order valence-corrected chi connectivity index (χ2v) is 6.05. The Morgan fingerprint density at radius 2 is 1.89 bits per heavy atom. The van der Waals surface area contributed by atoms with E-state index >= 15 is 0 Å². The number of rotatable bonds is 1. The molecule has 0 amide bonds. The zero-order valence-electron chi connectivity index (χ0n) is 11.2. The van der Waals surface area contributed by atoms with Crippen LogP contribution in [-0.2, 0) is 5.41 Å². The van der Waals surface area contributed by atoms with Gasteiger partial charge in [0.25, 0.3) is 5.56 Å². The topological polar surface area (TPSA) is 63.6 Å². The average molecular weight is 269 g/mol. The predicted molar refractivity (Wildman–Crippen MR) is 72.2 cm³/mol. The van der Waals surface area contributed by atoms with Gasteiger partial charge in [-0.05, 0) is 25.4 Å². The summed E-state index contributed by atoms with van der Waals surface area (Å²) in [5.41, 5.74) is 1.40. The van der Waals surface area contributed by atoms with E-state index in [1.807, 2.05) is 18.5 Å². The van der Waals surface area contributed by atoms with E-state index in [2.05, 4.69) is 35.8 Å². The fourth-order valence-corrected chi connectivity index (χ4v) is 2.21. The maximum atomic E-state index is 11.9. The van der Waals surface area contributed by atoms with E-state index in [1.54, 1.807) is 0 Å². The lowest BCUT2D eigenvalue weighted by Crippen LogP contribution is -2.20. The first-order valence-corrected chi connectivity index (χ1v) is 6.28. The van der Waals surface area contributed by atoms with Gasteiger partial charge in [0.1, 0.15) is 5.52 Å². The maximum Gasteiger partial charge on any atom is 0.280 e. The van der Waals surface area contributed by atoms with E-state index in [9.17, 15) is 4.79 Å². The molecule has 0 fully saturated rings. The Bertz CT molecular complexity index is 648. The zero-order valence-corrected chi connectivity index (χ0v) is 12.0. The van der Waals surface area contributed by atoms with Gasteiger partial charge >= 0.3 is 0 Å². The lowest BCUT2D eigenvalue weighted by Gasteiger charge is -2.22. The Kier molecular flexibility index (Phi) is 2.97. The number of hydrogen-bond acceptors (Lipinski definition) is 3. The quantitative estimate of drug-likeness (QED) is 0.809. The molecular weight excluding hydrogens is 252 g/mol. The Balaban J connectivity index is 2.95. The number of H-pyrrole nitrogens is 1. The number of nitrogens with one attached hydrogen (secondary N) is 1. The van der Waals surface area contributed by atoms with E-state index in [0.717, 1.165) is 5.69 Å². The van der Waals surface area contributed by atoms with Crippen molar-refractivity contribution in [2.24, 2.45) is 0 Å². The lowest BCUT2D eigenvalue weighted by atomic mass is 9.91. The summed E-state index contributed by atoms with van der Waals surface area (Å²) >= 11 is 5.83. The van der Waals surface area contributed by atoms with E-state index in [-0.39, 0.29) is 22.3 Å². The molecular formula is C12H17ClN4O. The Labute approximate surface area is 110 Å². The van der Waals surface area contributed by atoms with Crippen molar-refractivity contribution in [2.75, 3.05) is 0 Å². The first-order valence-electron chi connectivity index (χ1n) is 5.90. The molecule has 0 radical (unpaired) electrons. The van der Waals surface area contributed by atoms with Crippen LogP contribution >= 0.6 is 11.6 Å². The molecule has 0 atom stereocenters. The van der Waals surface area contributed by atoms with E-state index in [0.29, 0.717) is 11.0 Å². The Morgan fingerprint density at radius 1 is 1.28 bits per heavy atom. The highest BCUT2D eigenvalue weighted by molar-refractivity contribution is 6.28. The van der Waals surface area contributed by atoms with Crippen molar-refractivity contribution in [1.29, 1.82) is 0 Å².